The highest BCUT2D eigenvalue weighted by Gasteiger charge is 2.30. The molecule has 96 valence electrons. The molecule has 1 aliphatic rings. The van der Waals surface area contributed by atoms with E-state index in [9.17, 15) is 9.59 Å². The summed E-state index contributed by atoms with van der Waals surface area (Å²) in [5.74, 6) is -0.221. The van der Waals surface area contributed by atoms with E-state index in [2.05, 4.69) is 4.74 Å². The topological polar surface area (TPSA) is 72.6 Å². The summed E-state index contributed by atoms with van der Waals surface area (Å²) in [7, 11) is 1.27. The molecule has 18 heavy (non-hydrogen) atoms. The fourth-order valence-electron chi connectivity index (χ4n) is 2.16. The van der Waals surface area contributed by atoms with Crippen molar-refractivity contribution in [1.29, 1.82) is 0 Å². The van der Waals surface area contributed by atoms with Gasteiger partial charge in [0, 0.05) is 6.42 Å². The van der Waals surface area contributed by atoms with Gasteiger partial charge in [0.25, 0.3) is 0 Å². The van der Waals surface area contributed by atoms with E-state index in [0.29, 0.717) is 25.1 Å². The van der Waals surface area contributed by atoms with Gasteiger partial charge in [-0.2, -0.15) is 0 Å². The number of hydrogen-bond donors (Lipinski definition) is 1. The number of rotatable bonds is 2. The second-order valence-electron chi connectivity index (χ2n) is 4.20. The minimum Gasteiger partial charge on any atom is -0.452 e. The quantitative estimate of drug-likeness (QED) is 0.854. The molecule has 1 aromatic rings. The van der Waals surface area contributed by atoms with Crippen LogP contribution in [0.25, 0.3) is 0 Å². The third kappa shape index (κ3) is 2.22. The minimum atomic E-state index is -0.632. The maximum atomic E-state index is 11.8. The van der Waals surface area contributed by atoms with Crippen LogP contribution in [0.2, 0.25) is 0 Å². The van der Waals surface area contributed by atoms with Crippen LogP contribution < -0.4 is 10.6 Å². The zero-order chi connectivity index (χ0) is 13.1. The first-order chi connectivity index (χ1) is 8.67. The summed E-state index contributed by atoms with van der Waals surface area (Å²) < 4.78 is 4.64. The molecule has 0 fully saturated rings. The molecule has 0 bridgehead atoms. The zero-order valence-electron chi connectivity index (χ0n) is 10.3. The van der Waals surface area contributed by atoms with E-state index in [1.54, 1.807) is 6.07 Å². The van der Waals surface area contributed by atoms with E-state index in [1.165, 1.54) is 7.11 Å². The lowest BCUT2D eigenvalue weighted by Gasteiger charge is -2.26. The standard InChI is InChI=1S/C13H16N2O3/c1-18-13(17)15-11-4-2-9(6-7-14)8-10(11)3-5-12(15)16/h2,4,8H,3,5-7,14H2,1H3. The molecule has 0 unspecified atom stereocenters. The van der Waals surface area contributed by atoms with E-state index in [4.69, 9.17) is 5.73 Å². The molecule has 2 amide bonds. The number of anilines is 1. The molecule has 2 rings (SSSR count). The molecular formula is C13H16N2O3. The summed E-state index contributed by atoms with van der Waals surface area (Å²) in [6.45, 7) is 0.582. The monoisotopic (exact) mass is 248 g/mol. The van der Waals surface area contributed by atoms with Crippen molar-refractivity contribution in [3.63, 3.8) is 0 Å². The highest BCUT2D eigenvalue weighted by Crippen LogP contribution is 2.29. The van der Waals surface area contributed by atoms with Gasteiger partial charge in [-0.3, -0.25) is 4.79 Å². The summed E-state index contributed by atoms with van der Waals surface area (Å²) in [4.78, 5) is 24.5. The number of nitrogens with zero attached hydrogens (tertiary/aromatic N) is 1. The Bertz CT molecular complexity index is 485. The maximum absolute atomic E-state index is 11.8. The van der Waals surface area contributed by atoms with Crippen LogP contribution in [0.4, 0.5) is 10.5 Å². The zero-order valence-corrected chi connectivity index (χ0v) is 10.3. The second-order valence-corrected chi connectivity index (χ2v) is 4.20. The van der Waals surface area contributed by atoms with Crippen LogP contribution in [-0.4, -0.2) is 25.7 Å². The van der Waals surface area contributed by atoms with Gasteiger partial charge in [-0.05, 0) is 36.6 Å². The van der Waals surface area contributed by atoms with E-state index in [-0.39, 0.29) is 5.91 Å². The molecule has 0 saturated carbocycles. The number of imide groups is 1. The Morgan fingerprint density at radius 2 is 2.22 bits per heavy atom. The summed E-state index contributed by atoms with van der Waals surface area (Å²) in [5.41, 5.74) is 8.25. The van der Waals surface area contributed by atoms with Gasteiger partial charge in [-0.1, -0.05) is 12.1 Å². The van der Waals surface area contributed by atoms with E-state index >= 15 is 0 Å². The smallest absolute Gasteiger partial charge is 0.420 e. The number of ether oxygens (including phenoxy) is 1. The number of fused-ring (bicyclic) bond motifs is 1. The van der Waals surface area contributed by atoms with Gasteiger partial charge in [0.2, 0.25) is 5.91 Å². The predicted octanol–water partition coefficient (Wildman–Crippen LogP) is 1.23. The van der Waals surface area contributed by atoms with E-state index in [1.807, 2.05) is 12.1 Å². The van der Waals surface area contributed by atoms with Crippen molar-refractivity contribution in [2.45, 2.75) is 19.3 Å². The van der Waals surface area contributed by atoms with Crippen LogP contribution in [0.15, 0.2) is 18.2 Å². The van der Waals surface area contributed by atoms with Gasteiger partial charge in [0.1, 0.15) is 0 Å². The molecule has 2 N–H and O–H groups in total. The number of amides is 2. The number of benzene rings is 1. The van der Waals surface area contributed by atoms with Crippen LogP contribution in [0.1, 0.15) is 17.5 Å². The van der Waals surface area contributed by atoms with Crippen molar-refractivity contribution in [3.8, 4) is 0 Å². The molecule has 1 aliphatic heterocycles. The summed E-state index contributed by atoms with van der Waals surface area (Å²) >= 11 is 0. The largest absolute Gasteiger partial charge is 0.452 e. The third-order valence-electron chi connectivity index (χ3n) is 3.03. The Morgan fingerprint density at radius 1 is 1.44 bits per heavy atom. The van der Waals surface area contributed by atoms with Crippen molar-refractivity contribution >= 4 is 17.7 Å². The fourth-order valence-corrected chi connectivity index (χ4v) is 2.16. The number of aryl methyl sites for hydroxylation is 1. The van der Waals surface area contributed by atoms with Crippen molar-refractivity contribution in [1.82, 2.24) is 0 Å². The average molecular weight is 248 g/mol. The Kier molecular flexibility index (Phi) is 3.62. The summed E-state index contributed by atoms with van der Waals surface area (Å²) in [6, 6.07) is 5.68. The molecular weight excluding hydrogens is 232 g/mol. The summed E-state index contributed by atoms with van der Waals surface area (Å²) in [5, 5.41) is 0. The minimum absolute atomic E-state index is 0.221. The second kappa shape index (κ2) is 5.18. The first-order valence-electron chi connectivity index (χ1n) is 5.90. The van der Waals surface area contributed by atoms with Gasteiger partial charge in [-0.15, -0.1) is 0 Å². The number of nitrogens with two attached hydrogens (primary N) is 1. The van der Waals surface area contributed by atoms with Gasteiger partial charge in [0.05, 0.1) is 12.8 Å². The Labute approximate surface area is 106 Å². The number of carbonyl (C=O) groups is 2. The van der Waals surface area contributed by atoms with E-state index in [0.717, 1.165) is 22.4 Å². The van der Waals surface area contributed by atoms with Crippen molar-refractivity contribution in [3.05, 3.63) is 29.3 Å². The molecule has 5 nitrogen and oxygen atoms in total. The molecule has 0 aliphatic carbocycles. The third-order valence-corrected chi connectivity index (χ3v) is 3.03. The molecule has 0 spiro atoms. The van der Waals surface area contributed by atoms with Gasteiger partial charge in [-0.25, -0.2) is 9.69 Å². The Morgan fingerprint density at radius 3 is 2.89 bits per heavy atom. The highest BCUT2D eigenvalue weighted by molar-refractivity contribution is 6.13. The first-order valence-corrected chi connectivity index (χ1v) is 5.90. The van der Waals surface area contributed by atoms with Crippen LogP contribution in [0.3, 0.4) is 0 Å². The molecule has 0 atom stereocenters. The van der Waals surface area contributed by atoms with Gasteiger partial charge in [0.15, 0.2) is 0 Å². The molecule has 1 heterocycles. The molecule has 1 aromatic carbocycles. The SMILES string of the molecule is COC(=O)N1C(=O)CCc2cc(CCN)ccc21. The van der Waals surface area contributed by atoms with Crippen molar-refractivity contribution in [2.24, 2.45) is 5.73 Å². The van der Waals surface area contributed by atoms with Crippen LogP contribution in [0.5, 0.6) is 0 Å². The Balaban J connectivity index is 2.38. The van der Waals surface area contributed by atoms with E-state index < -0.39 is 6.09 Å². The van der Waals surface area contributed by atoms with Crippen LogP contribution in [0, 0.1) is 0 Å². The average Bonchev–Trinajstić information content (AvgIpc) is 2.38. The van der Waals surface area contributed by atoms with Crippen molar-refractivity contribution < 1.29 is 14.3 Å². The lowest BCUT2D eigenvalue weighted by molar-refractivity contribution is -0.118. The fraction of sp³-hybridized carbons (Fsp3) is 0.385. The van der Waals surface area contributed by atoms with Gasteiger partial charge < -0.3 is 10.5 Å². The molecule has 0 saturated heterocycles. The number of hydrogen-bond acceptors (Lipinski definition) is 4. The first kappa shape index (κ1) is 12.6. The molecule has 5 heteroatoms. The number of methoxy groups -OCH3 is 1. The molecule has 0 radical (unpaired) electrons. The normalized spacial score (nSPS) is 14.3. The Hall–Kier alpha value is -1.88. The highest BCUT2D eigenvalue weighted by atomic mass is 16.5. The lowest BCUT2D eigenvalue weighted by Crippen LogP contribution is -2.40. The number of carbonyl (C=O) groups excluding carboxylic acids is 2. The van der Waals surface area contributed by atoms with Gasteiger partial charge >= 0.3 is 6.09 Å². The maximum Gasteiger partial charge on any atom is 0.420 e. The lowest BCUT2D eigenvalue weighted by atomic mass is 9.98. The predicted molar refractivity (Wildman–Crippen MR) is 67.4 cm³/mol. The summed E-state index contributed by atoms with van der Waals surface area (Å²) in [6.07, 6.45) is 1.14. The van der Waals surface area contributed by atoms with Crippen LogP contribution in [-0.2, 0) is 22.4 Å². The van der Waals surface area contributed by atoms with Crippen molar-refractivity contribution in [2.75, 3.05) is 18.6 Å². The van der Waals surface area contributed by atoms with Crippen LogP contribution >= 0.6 is 0 Å². The molecule has 0 aromatic heterocycles.